The molecule has 4 bridgehead atoms. The first-order valence-electron chi connectivity index (χ1n) is 20.2. The van der Waals surface area contributed by atoms with Crippen molar-refractivity contribution in [2.45, 2.75) is 83.2 Å². The van der Waals surface area contributed by atoms with Crippen LogP contribution in [0, 0.1) is 17.8 Å². The normalized spacial score (nSPS) is 22.1. The highest BCUT2D eigenvalue weighted by molar-refractivity contribution is 6.89. The fourth-order valence-electron chi connectivity index (χ4n) is 10.2. The molecule has 54 heavy (non-hydrogen) atoms. The van der Waals surface area contributed by atoms with Gasteiger partial charge in [0.2, 0.25) is 0 Å². The summed E-state index contributed by atoms with van der Waals surface area (Å²) in [6, 6.07) is 45.1. The van der Waals surface area contributed by atoms with Crippen LogP contribution in [0.3, 0.4) is 0 Å². The predicted octanol–water partition coefficient (Wildman–Crippen LogP) is 11.8. The lowest BCUT2D eigenvalue weighted by atomic mass is 9.48. The van der Waals surface area contributed by atoms with Crippen LogP contribution in [0.1, 0.15) is 44.1 Å². The first kappa shape index (κ1) is 35.3. The summed E-state index contributed by atoms with van der Waals surface area (Å²) in [7, 11) is -2.87. The van der Waals surface area contributed by atoms with Crippen molar-refractivity contribution in [3.8, 4) is 56.4 Å². The molecule has 4 aliphatic carbocycles. The Kier molecular flexibility index (Phi) is 8.74. The van der Waals surface area contributed by atoms with Gasteiger partial charge in [-0.15, -0.1) is 0 Å². The van der Waals surface area contributed by atoms with Gasteiger partial charge in [0, 0.05) is 16.7 Å². The van der Waals surface area contributed by atoms with Crippen LogP contribution in [0.5, 0.6) is 0 Å². The molecule has 0 atom stereocenters. The van der Waals surface area contributed by atoms with Crippen LogP contribution in [-0.2, 0) is 5.41 Å². The molecular formula is C49H53N3Si2. The lowest BCUT2D eigenvalue weighted by Gasteiger charge is -2.57. The quantitative estimate of drug-likeness (QED) is 0.146. The van der Waals surface area contributed by atoms with Crippen LogP contribution in [0.25, 0.3) is 56.4 Å². The van der Waals surface area contributed by atoms with E-state index in [0.717, 1.165) is 40.0 Å². The smallest absolute Gasteiger partial charge is 0.164 e. The molecule has 3 nitrogen and oxygen atoms in total. The second kappa shape index (κ2) is 13.4. The van der Waals surface area contributed by atoms with Crippen molar-refractivity contribution in [2.24, 2.45) is 17.8 Å². The van der Waals surface area contributed by atoms with E-state index in [0.29, 0.717) is 22.9 Å². The van der Waals surface area contributed by atoms with Crippen molar-refractivity contribution in [3.63, 3.8) is 0 Å². The van der Waals surface area contributed by atoms with Crippen LogP contribution in [0.4, 0.5) is 0 Å². The maximum absolute atomic E-state index is 5.12. The molecule has 1 aromatic heterocycles. The molecule has 4 fully saturated rings. The zero-order chi connectivity index (χ0) is 37.2. The minimum atomic E-state index is -1.44. The topological polar surface area (TPSA) is 38.7 Å². The third kappa shape index (κ3) is 6.86. The molecule has 0 aliphatic heterocycles. The number of rotatable bonds is 8. The lowest BCUT2D eigenvalue weighted by molar-refractivity contribution is -0.00518. The Balaban J connectivity index is 1.04. The summed E-state index contributed by atoms with van der Waals surface area (Å²) in [4.78, 5) is 15.3. The Hall–Kier alpha value is -4.46. The molecule has 5 aromatic carbocycles. The van der Waals surface area contributed by atoms with E-state index in [4.69, 9.17) is 15.0 Å². The average Bonchev–Trinajstić information content (AvgIpc) is 3.17. The fraction of sp³-hybridized carbons (Fsp3) is 0.327. The van der Waals surface area contributed by atoms with Gasteiger partial charge >= 0.3 is 0 Å². The monoisotopic (exact) mass is 739 g/mol. The molecule has 0 spiro atoms. The lowest BCUT2D eigenvalue weighted by Crippen LogP contribution is -2.48. The van der Waals surface area contributed by atoms with Crippen LogP contribution in [0.2, 0.25) is 39.3 Å². The van der Waals surface area contributed by atoms with Gasteiger partial charge in [-0.05, 0) is 102 Å². The van der Waals surface area contributed by atoms with E-state index in [1.165, 1.54) is 65.6 Å². The van der Waals surface area contributed by atoms with Crippen molar-refractivity contribution in [1.82, 2.24) is 15.0 Å². The summed E-state index contributed by atoms with van der Waals surface area (Å²) in [5.74, 6) is 4.98. The van der Waals surface area contributed by atoms with Gasteiger partial charge in [-0.3, -0.25) is 0 Å². The van der Waals surface area contributed by atoms with E-state index in [2.05, 4.69) is 161 Å². The molecule has 1 heterocycles. The summed E-state index contributed by atoms with van der Waals surface area (Å²) in [5, 5.41) is 2.85. The summed E-state index contributed by atoms with van der Waals surface area (Å²) in [5.41, 5.74) is 9.91. The van der Waals surface area contributed by atoms with Gasteiger partial charge in [0.15, 0.2) is 17.5 Å². The summed E-state index contributed by atoms with van der Waals surface area (Å²) < 4.78 is 0. The second-order valence-corrected chi connectivity index (χ2v) is 29.1. The van der Waals surface area contributed by atoms with Crippen molar-refractivity contribution < 1.29 is 0 Å². The number of benzene rings is 5. The summed E-state index contributed by atoms with van der Waals surface area (Å²) >= 11 is 0. The van der Waals surface area contributed by atoms with Crippen molar-refractivity contribution >= 4 is 26.5 Å². The van der Waals surface area contributed by atoms with Crippen LogP contribution in [0.15, 0.2) is 121 Å². The number of aromatic nitrogens is 3. The molecule has 4 saturated carbocycles. The Morgan fingerprint density at radius 3 is 1.19 bits per heavy atom. The third-order valence-corrected chi connectivity index (χ3v) is 17.0. The molecule has 0 radical (unpaired) electrons. The largest absolute Gasteiger partial charge is 0.208 e. The Bertz CT molecular complexity index is 2200. The number of hydrogen-bond acceptors (Lipinski definition) is 3. The maximum atomic E-state index is 5.12. The molecule has 6 aromatic rings. The molecule has 0 amide bonds. The van der Waals surface area contributed by atoms with Crippen molar-refractivity contribution in [2.75, 3.05) is 0 Å². The molecule has 10 rings (SSSR count). The number of hydrogen-bond donors (Lipinski definition) is 0. The molecule has 0 N–H and O–H groups in total. The molecule has 0 unspecified atom stereocenters. The average molecular weight is 740 g/mol. The van der Waals surface area contributed by atoms with Gasteiger partial charge in [0.1, 0.15) is 0 Å². The first-order chi connectivity index (χ1) is 25.9. The molecule has 5 heteroatoms. The van der Waals surface area contributed by atoms with E-state index in [1.807, 2.05) is 0 Å². The van der Waals surface area contributed by atoms with Crippen LogP contribution >= 0.6 is 0 Å². The highest BCUT2D eigenvalue weighted by Crippen LogP contribution is 2.60. The second-order valence-electron chi connectivity index (χ2n) is 18.9. The van der Waals surface area contributed by atoms with Gasteiger partial charge in [-0.2, -0.15) is 0 Å². The SMILES string of the molecule is C[Si](C)(C)c1ccc(-c2nc(-c3ccc([Si](C)(C)C)cc3)nc(-c3cccc(-c4cccc(-c5ccc(C67CC8CC(CC(C8)C6)C7)cc5)c4)c3)n2)cc1. The zero-order valence-electron chi connectivity index (χ0n) is 32.9. The van der Waals surface area contributed by atoms with Gasteiger partial charge < -0.3 is 0 Å². The maximum Gasteiger partial charge on any atom is 0.164 e. The van der Waals surface area contributed by atoms with Crippen molar-refractivity contribution in [1.29, 1.82) is 0 Å². The Morgan fingerprint density at radius 1 is 0.407 bits per heavy atom. The Labute approximate surface area is 324 Å². The van der Waals surface area contributed by atoms with Crippen LogP contribution < -0.4 is 10.4 Å². The third-order valence-electron chi connectivity index (χ3n) is 12.8. The van der Waals surface area contributed by atoms with Crippen LogP contribution in [-0.4, -0.2) is 31.1 Å². The molecule has 0 saturated heterocycles. The first-order valence-corrected chi connectivity index (χ1v) is 27.2. The Morgan fingerprint density at radius 2 is 0.759 bits per heavy atom. The minimum Gasteiger partial charge on any atom is -0.208 e. The predicted molar refractivity (Wildman–Crippen MR) is 233 cm³/mol. The number of nitrogens with zero attached hydrogens (tertiary/aromatic N) is 3. The standard InChI is InChI=1S/C49H53N3Si2/c1-53(2,3)44-21-15-37(16-22-44)46-50-47(38-17-23-45(24-18-38)54(4,5)6)52-48(51-46)42-12-8-11-41(29-42)40-10-7-9-39(28-40)36-13-19-43(20-14-36)49-30-33-25-34(31-49)27-35(26-33)32-49/h7-24,28-29,33-35H,25-27,30-32H2,1-6H3. The van der Waals surface area contributed by atoms with E-state index in [1.54, 1.807) is 5.56 Å². The van der Waals surface area contributed by atoms with E-state index in [9.17, 15) is 0 Å². The van der Waals surface area contributed by atoms with Crippen molar-refractivity contribution in [3.05, 3.63) is 127 Å². The summed E-state index contributed by atoms with van der Waals surface area (Å²) in [6.07, 6.45) is 8.68. The van der Waals surface area contributed by atoms with Gasteiger partial charge in [0.05, 0.1) is 16.1 Å². The van der Waals surface area contributed by atoms with E-state index < -0.39 is 16.1 Å². The van der Waals surface area contributed by atoms with Gasteiger partial charge in [-0.1, -0.05) is 159 Å². The highest BCUT2D eigenvalue weighted by atomic mass is 28.3. The minimum absolute atomic E-state index is 0.430. The fourth-order valence-corrected chi connectivity index (χ4v) is 12.5. The molecule has 272 valence electrons. The highest BCUT2D eigenvalue weighted by Gasteiger charge is 2.51. The van der Waals surface area contributed by atoms with Gasteiger partial charge in [-0.25, -0.2) is 15.0 Å². The molecule has 4 aliphatic rings. The van der Waals surface area contributed by atoms with E-state index >= 15 is 0 Å². The zero-order valence-corrected chi connectivity index (χ0v) is 34.9. The molecular weight excluding hydrogens is 687 g/mol. The van der Waals surface area contributed by atoms with E-state index in [-0.39, 0.29) is 0 Å². The summed E-state index contributed by atoms with van der Waals surface area (Å²) in [6.45, 7) is 14.3. The van der Waals surface area contributed by atoms with Gasteiger partial charge in [0.25, 0.3) is 0 Å².